The Labute approximate surface area is 106 Å². The predicted octanol–water partition coefficient (Wildman–Crippen LogP) is 0.509. The summed E-state index contributed by atoms with van der Waals surface area (Å²) in [5, 5.41) is 31.1. The van der Waals surface area contributed by atoms with E-state index in [0.717, 1.165) is 12.1 Å². The van der Waals surface area contributed by atoms with E-state index < -0.39 is 22.2 Å². The summed E-state index contributed by atoms with van der Waals surface area (Å²) in [6.07, 6.45) is 0. The van der Waals surface area contributed by atoms with Crippen LogP contribution in [0.25, 0.3) is 0 Å². The second kappa shape index (κ2) is 5.75. The van der Waals surface area contributed by atoms with Crippen LogP contribution in [0.15, 0.2) is 23.3 Å². The number of amides is 1. The van der Waals surface area contributed by atoms with Crippen molar-refractivity contribution in [1.29, 1.82) is 10.5 Å². The summed E-state index contributed by atoms with van der Waals surface area (Å²) in [4.78, 5) is 21.0. The maximum atomic E-state index is 11.0. The van der Waals surface area contributed by atoms with Crippen molar-refractivity contribution in [3.05, 3.63) is 33.9 Å². The quantitative estimate of drug-likeness (QED) is 0.454. The van der Waals surface area contributed by atoms with E-state index in [1.54, 1.807) is 0 Å². The van der Waals surface area contributed by atoms with Crippen molar-refractivity contribution in [2.45, 2.75) is 0 Å². The molecule has 1 amide bonds. The number of nitro groups is 1. The molecule has 9 heteroatoms. The highest BCUT2D eigenvalue weighted by Crippen LogP contribution is 2.22. The number of primary amides is 1. The van der Waals surface area contributed by atoms with Crippen LogP contribution in [-0.2, 0) is 0 Å². The van der Waals surface area contributed by atoms with Gasteiger partial charge in [-0.05, 0) is 12.1 Å². The molecule has 0 fully saturated rings. The molecule has 1 aromatic carbocycles. The molecule has 0 aromatic heterocycles. The molecule has 0 spiro atoms. The van der Waals surface area contributed by atoms with Gasteiger partial charge in [0.15, 0.2) is 0 Å². The van der Waals surface area contributed by atoms with Crippen LogP contribution >= 0.6 is 0 Å². The van der Waals surface area contributed by atoms with Crippen molar-refractivity contribution in [2.24, 2.45) is 10.8 Å². The number of anilines is 1. The van der Waals surface area contributed by atoms with E-state index in [4.69, 9.17) is 16.3 Å². The number of nitro benzene ring substituents is 1. The number of nitrogens with zero attached hydrogens (tertiary/aromatic N) is 4. The zero-order valence-electron chi connectivity index (χ0n) is 9.32. The third-order valence-electron chi connectivity index (χ3n) is 1.97. The minimum atomic E-state index is -0.934. The van der Waals surface area contributed by atoms with Crippen molar-refractivity contribution in [1.82, 2.24) is 0 Å². The fourth-order valence-corrected chi connectivity index (χ4v) is 1.16. The number of carbonyl (C=O) groups excluding carboxylic acids is 1. The molecule has 0 aliphatic rings. The molecule has 3 N–H and O–H groups in total. The molecule has 0 atom stereocenters. The molecular weight excluding hydrogens is 252 g/mol. The summed E-state index contributed by atoms with van der Waals surface area (Å²) >= 11 is 0. The van der Waals surface area contributed by atoms with Gasteiger partial charge in [0.05, 0.1) is 10.6 Å². The van der Waals surface area contributed by atoms with Crippen molar-refractivity contribution in [3.63, 3.8) is 0 Å². The first-order valence-electron chi connectivity index (χ1n) is 4.71. The number of nitrogens with two attached hydrogens (primary N) is 1. The first-order valence-corrected chi connectivity index (χ1v) is 4.71. The number of rotatable bonds is 4. The van der Waals surface area contributed by atoms with E-state index in [9.17, 15) is 14.9 Å². The van der Waals surface area contributed by atoms with E-state index in [2.05, 4.69) is 10.5 Å². The standard InChI is InChI=1S/C10H6N6O3/c11-4-7(5-12)15-14-6-1-2-8(10(13)17)9(3-6)16(18)19/h1-3,14H,(H2,13,17). The Kier molecular flexibility index (Phi) is 4.11. The van der Waals surface area contributed by atoms with Gasteiger partial charge in [0, 0.05) is 6.07 Å². The predicted molar refractivity (Wildman–Crippen MR) is 63.9 cm³/mol. The number of carbonyl (C=O) groups is 1. The summed E-state index contributed by atoms with van der Waals surface area (Å²) in [6.45, 7) is 0. The normalized spacial score (nSPS) is 8.74. The van der Waals surface area contributed by atoms with Gasteiger partial charge in [-0.2, -0.15) is 15.6 Å². The fraction of sp³-hybridized carbons (Fsp3) is 0. The average Bonchev–Trinajstić information content (AvgIpc) is 2.39. The fourth-order valence-electron chi connectivity index (χ4n) is 1.16. The second-order valence-electron chi connectivity index (χ2n) is 3.15. The molecular formula is C10H6N6O3. The molecule has 0 radical (unpaired) electrons. The highest BCUT2D eigenvalue weighted by Gasteiger charge is 2.18. The Morgan fingerprint density at radius 1 is 1.42 bits per heavy atom. The van der Waals surface area contributed by atoms with Crippen molar-refractivity contribution in [2.75, 3.05) is 5.43 Å². The third kappa shape index (κ3) is 3.25. The van der Waals surface area contributed by atoms with E-state index in [1.807, 2.05) is 0 Å². The van der Waals surface area contributed by atoms with Gasteiger partial charge in [0.25, 0.3) is 11.6 Å². The lowest BCUT2D eigenvalue weighted by molar-refractivity contribution is -0.385. The molecule has 0 heterocycles. The van der Waals surface area contributed by atoms with Crippen LogP contribution in [-0.4, -0.2) is 16.5 Å². The molecule has 0 unspecified atom stereocenters. The summed E-state index contributed by atoms with van der Waals surface area (Å²) < 4.78 is 0. The van der Waals surface area contributed by atoms with Gasteiger partial charge in [-0.15, -0.1) is 0 Å². The van der Waals surface area contributed by atoms with Gasteiger partial charge in [-0.3, -0.25) is 20.3 Å². The number of hydrazone groups is 1. The lowest BCUT2D eigenvalue weighted by atomic mass is 10.1. The summed E-state index contributed by atoms with van der Waals surface area (Å²) in [5.41, 5.74) is 6.23. The molecule has 94 valence electrons. The van der Waals surface area contributed by atoms with Gasteiger partial charge in [0.2, 0.25) is 5.71 Å². The molecule has 1 rings (SSSR count). The van der Waals surface area contributed by atoms with E-state index >= 15 is 0 Å². The molecule has 19 heavy (non-hydrogen) atoms. The molecule has 0 aliphatic heterocycles. The molecule has 0 aliphatic carbocycles. The number of hydrogen-bond acceptors (Lipinski definition) is 7. The van der Waals surface area contributed by atoms with Crippen LogP contribution in [0.2, 0.25) is 0 Å². The maximum Gasteiger partial charge on any atom is 0.284 e. The smallest absolute Gasteiger partial charge is 0.284 e. The summed E-state index contributed by atoms with van der Waals surface area (Å²) in [5.74, 6) is -0.934. The Morgan fingerprint density at radius 2 is 2.05 bits per heavy atom. The van der Waals surface area contributed by atoms with Crippen molar-refractivity contribution in [3.8, 4) is 12.1 Å². The van der Waals surface area contributed by atoms with Gasteiger partial charge < -0.3 is 5.73 Å². The van der Waals surface area contributed by atoms with Crippen molar-refractivity contribution < 1.29 is 9.72 Å². The lowest BCUT2D eigenvalue weighted by Crippen LogP contribution is -2.13. The van der Waals surface area contributed by atoms with Crippen LogP contribution in [0.3, 0.4) is 0 Å². The van der Waals surface area contributed by atoms with Gasteiger partial charge in [-0.25, -0.2) is 0 Å². The Bertz CT molecular complexity index is 636. The Hall–Kier alpha value is -3.46. The minimum absolute atomic E-state index is 0.139. The van der Waals surface area contributed by atoms with Gasteiger partial charge >= 0.3 is 0 Å². The Balaban J connectivity index is 3.15. The minimum Gasteiger partial charge on any atom is -0.365 e. The number of hydrogen-bond donors (Lipinski definition) is 2. The molecule has 0 bridgehead atoms. The first kappa shape index (κ1) is 13.6. The van der Waals surface area contributed by atoms with E-state index in [-0.39, 0.29) is 11.3 Å². The maximum absolute atomic E-state index is 11.0. The Morgan fingerprint density at radius 3 is 2.53 bits per heavy atom. The van der Waals surface area contributed by atoms with E-state index in [1.165, 1.54) is 18.2 Å². The van der Waals surface area contributed by atoms with Crippen LogP contribution in [0.5, 0.6) is 0 Å². The number of benzene rings is 1. The van der Waals surface area contributed by atoms with Crippen molar-refractivity contribution >= 4 is 23.0 Å². The molecule has 9 nitrogen and oxygen atoms in total. The first-order chi connectivity index (χ1) is 8.99. The second-order valence-corrected chi connectivity index (χ2v) is 3.15. The molecule has 0 saturated carbocycles. The zero-order valence-corrected chi connectivity index (χ0v) is 9.32. The van der Waals surface area contributed by atoms with Crippen LogP contribution in [0, 0.1) is 32.8 Å². The van der Waals surface area contributed by atoms with Crippen LogP contribution < -0.4 is 11.2 Å². The van der Waals surface area contributed by atoms with Gasteiger partial charge in [-0.1, -0.05) is 0 Å². The average molecular weight is 258 g/mol. The van der Waals surface area contributed by atoms with Crippen LogP contribution in [0.1, 0.15) is 10.4 Å². The third-order valence-corrected chi connectivity index (χ3v) is 1.97. The van der Waals surface area contributed by atoms with Gasteiger partial charge in [0.1, 0.15) is 17.7 Å². The SMILES string of the molecule is N#CC(C#N)=NNc1ccc(C(N)=O)c([N+](=O)[O-])c1. The highest BCUT2D eigenvalue weighted by molar-refractivity contribution is 6.10. The largest absolute Gasteiger partial charge is 0.365 e. The number of nitriles is 2. The highest BCUT2D eigenvalue weighted by atomic mass is 16.6. The monoisotopic (exact) mass is 258 g/mol. The molecule has 0 saturated heterocycles. The summed E-state index contributed by atoms with van der Waals surface area (Å²) in [7, 11) is 0. The zero-order chi connectivity index (χ0) is 14.4. The molecule has 1 aromatic rings. The van der Waals surface area contributed by atoms with E-state index in [0.29, 0.717) is 0 Å². The lowest BCUT2D eigenvalue weighted by Gasteiger charge is -2.02. The number of nitrogens with one attached hydrogen (secondary N) is 1. The topological polar surface area (TPSA) is 158 Å². The summed E-state index contributed by atoms with van der Waals surface area (Å²) in [6, 6.07) is 6.50. The van der Waals surface area contributed by atoms with Crippen LogP contribution in [0.4, 0.5) is 11.4 Å².